The predicted molar refractivity (Wildman–Crippen MR) is 162 cm³/mol. The smallest absolute Gasteiger partial charge is 0.251 e. The van der Waals surface area contributed by atoms with Gasteiger partial charge < -0.3 is 13.9 Å². The molecule has 0 fully saturated rings. The molecule has 5 nitrogen and oxygen atoms in total. The summed E-state index contributed by atoms with van der Waals surface area (Å²) in [6.45, 7) is 0. The first-order valence-electron chi connectivity index (χ1n) is 13.0. The van der Waals surface area contributed by atoms with Crippen molar-refractivity contribution in [1.82, 2.24) is 14.1 Å². The molecule has 0 spiro atoms. The van der Waals surface area contributed by atoms with E-state index >= 15 is 0 Å². The Kier molecular flexibility index (Phi) is 6.62. The number of ether oxygens (including phenoxy) is 1. The second kappa shape index (κ2) is 10.3. The minimum Gasteiger partial charge on any atom is -0.362 e. The summed E-state index contributed by atoms with van der Waals surface area (Å²) in [5.41, 5.74) is 6.54. The summed E-state index contributed by atoms with van der Waals surface area (Å²) in [7, 11) is 5.46. The predicted octanol–water partition coefficient (Wildman–Crippen LogP) is 7.20. The third-order valence-corrected chi connectivity index (χ3v) is 7.92. The molecule has 40 heavy (non-hydrogen) atoms. The molecule has 2 aromatic heterocycles. The molecule has 6 heteroatoms. The van der Waals surface area contributed by atoms with Crippen molar-refractivity contribution >= 4 is 22.5 Å². The fourth-order valence-electron chi connectivity index (χ4n) is 5.60. The van der Waals surface area contributed by atoms with Crippen LogP contribution in [0.15, 0.2) is 120 Å². The van der Waals surface area contributed by atoms with E-state index in [0.29, 0.717) is 5.02 Å². The molecule has 0 aliphatic rings. The average molecular weight is 546 g/mol. The first-order chi connectivity index (χ1) is 19.4. The largest absolute Gasteiger partial charge is 0.362 e. The van der Waals surface area contributed by atoms with E-state index in [1.807, 2.05) is 78.5 Å². The Morgan fingerprint density at radius 2 is 1.48 bits per heavy atom. The third-order valence-electron chi connectivity index (χ3n) is 7.67. The maximum absolute atomic E-state index is 13.1. The van der Waals surface area contributed by atoms with Gasteiger partial charge in [-0.25, -0.2) is 4.98 Å². The van der Waals surface area contributed by atoms with Crippen LogP contribution in [-0.2, 0) is 24.4 Å². The Morgan fingerprint density at radius 1 is 0.775 bits per heavy atom. The van der Waals surface area contributed by atoms with E-state index in [0.717, 1.165) is 50.0 Å². The summed E-state index contributed by atoms with van der Waals surface area (Å²) in [5.74, 6) is 0. The second-order valence-electron chi connectivity index (χ2n) is 9.92. The molecule has 0 saturated carbocycles. The number of benzene rings is 4. The number of halogens is 1. The lowest BCUT2D eigenvalue weighted by Gasteiger charge is -2.34. The average Bonchev–Trinajstić information content (AvgIpc) is 3.43. The lowest BCUT2D eigenvalue weighted by atomic mass is 9.82. The molecule has 0 aliphatic heterocycles. The zero-order chi connectivity index (χ0) is 27.9. The molecule has 6 rings (SSSR count). The van der Waals surface area contributed by atoms with Gasteiger partial charge in [-0.05, 0) is 63.7 Å². The van der Waals surface area contributed by atoms with Gasteiger partial charge >= 0.3 is 0 Å². The zero-order valence-electron chi connectivity index (χ0n) is 22.5. The number of methoxy groups -OCH3 is 1. The molecule has 4 aromatic carbocycles. The van der Waals surface area contributed by atoms with Gasteiger partial charge in [0.15, 0.2) is 5.60 Å². The van der Waals surface area contributed by atoms with Gasteiger partial charge in [-0.2, -0.15) is 0 Å². The Bertz CT molecular complexity index is 1890. The quantitative estimate of drug-likeness (QED) is 0.222. The van der Waals surface area contributed by atoms with Crippen molar-refractivity contribution in [3.63, 3.8) is 0 Å². The molecule has 0 N–H and O–H groups in total. The summed E-state index contributed by atoms with van der Waals surface area (Å²) in [6.07, 6.45) is 3.59. The molecular weight excluding hydrogens is 518 g/mol. The van der Waals surface area contributed by atoms with Crippen LogP contribution in [-0.4, -0.2) is 21.2 Å². The van der Waals surface area contributed by atoms with Crippen LogP contribution in [0.2, 0.25) is 5.02 Å². The molecular formula is C34H28ClN3O2. The SMILES string of the molecule is COC(c1ccc(Cl)cc1)(c1ccc2c(c1)c(-c1cccc(-c3ccccc3)c1)cc(=O)n2C)c1cncn1C. The summed E-state index contributed by atoms with van der Waals surface area (Å²) >= 11 is 6.27. The van der Waals surface area contributed by atoms with Crippen LogP contribution in [0, 0.1) is 0 Å². The van der Waals surface area contributed by atoms with Crippen molar-refractivity contribution in [3.05, 3.63) is 148 Å². The molecule has 6 aromatic rings. The van der Waals surface area contributed by atoms with Crippen molar-refractivity contribution in [3.8, 4) is 22.3 Å². The normalized spacial score (nSPS) is 12.9. The molecule has 2 heterocycles. The molecule has 1 atom stereocenters. The van der Waals surface area contributed by atoms with E-state index < -0.39 is 5.60 Å². The number of pyridine rings is 1. The Labute approximate surface area is 237 Å². The van der Waals surface area contributed by atoms with Gasteiger partial charge in [0.2, 0.25) is 0 Å². The number of rotatable bonds is 6. The van der Waals surface area contributed by atoms with Crippen LogP contribution in [0.4, 0.5) is 0 Å². The monoisotopic (exact) mass is 545 g/mol. The minimum atomic E-state index is -0.970. The number of nitrogens with zero attached hydrogens (tertiary/aromatic N) is 3. The highest BCUT2D eigenvalue weighted by Gasteiger charge is 2.39. The topological polar surface area (TPSA) is 49.1 Å². The summed E-state index contributed by atoms with van der Waals surface area (Å²) in [5, 5.41) is 1.59. The number of aryl methyl sites for hydroxylation is 2. The summed E-state index contributed by atoms with van der Waals surface area (Å²) < 4.78 is 10.1. The summed E-state index contributed by atoms with van der Waals surface area (Å²) in [6, 6.07) is 34.1. The Morgan fingerprint density at radius 3 is 2.17 bits per heavy atom. The van der Waals surface area contributed by atoms with E-state index in [2.05, 4.69) is 41.4 Å². The standard InChI is InChI=1S/C34H28ClN3O2/c1-37-22-36-21-32(37)34(40-3,26-12-15-28(35)16-13-26)27-14-17-31-30(19-27)29(20-33(39)38(31)2)25-11-7-10-24(18-25)23-8-5-4-6-9-23/h4-22H,1-3H3. The first kappa shape index (κ1) is 25.8. The van der Waals surface area contributed by atoms with Crippen molar-refractivity contribution in [2.24, 2.45) is 14.1 Å². The van der Waals surface area contributed by atoms with Crippen LogP contribution in [0.25, 0.3) is 33.2 Å². The number of hydrogen-bond donors (Lipinski definition) is 0. The fraction of sp³-hybridized carbons (Fsp3) is 0.118. The molecule has 0 amide bonds. The van der Waals surface area contributed by atoms with Crippen LogP contribution in [0.1, 0.15) is 16.8 Å². The van der Waals surface area contributed by atoms with Crippen molar-refractivity contribution in [1.29, 1.82) is 0 Å². The summed E-state index contributed by atoms with van der Waals surface area (Å²) in [4.78, 5) is 17.5. The van der Waals surface area contributed by atoms with Crippen molar-refractivity contribution in [2.75, 3.05) is 7.11 Å². The van der Waals surface area contributed by atoms with E-state index in [-0.39, 0.29) is 5.56 Å². The van der Waals surface area contributed by atoms with Crippen molar-refractivity contribution < 1.29 is 4.74 Å². The van der Waals surface area contributed by atoms with Gasteiger partial charge in [0.1, 0.15) is 0 Å². The third kappa shape index (κ3) is 4.24. The maximum Gasteiger partial charge on any atom is 0.251 e. The van der Waals surface area contributed by atoms with Gasteiger partial charge in [-0.15, -0.1) is 0 Å². The van der Waals surface area contributed by atoms with Crippen LogP contribution < -0.4 is 5.56 Å². The van der Waals surface area contributed by atoms with Crippen LogP contribution in [0.5, 0.6) is 0 Å². The molecule has 0 bridgehead atoms. The lowest BCUT2D eigenvalue weighted by molar-refractivity contribution is 0.0525. The Balaban J connectivity index is 1.64. The minimum absolute atomic E-state index is 0.0669. The molecule has 1 unspecified atom stereocenters. The van der Waals surface area contributed by atoms with Gasteiger partial charge in [0.05, 0.1) is 23.7 Å². The number of fused-ring (bicyclic) bond motifs is 1. The first-order valence-corrected chi connectivity index (χ1v) is 13.4. The highest BCUT2D eigenvalue weighted by atomic mass is 35.5. The van der Waals surface area contributed by atoms with Crippen LogP contribution in [0.3, 0.4) is 0 Å². The zero-order valence-corrected chi connectivity index (χ0v) is 23.3. The van der Waals surface area contributed by atoms with E-state index in [1.54, 1.807) is 31.1 Å². The number of hydrogen-bond acceptors (Lipinski definition) is 3. The highest BCUT2D eigenvalue weighted by Crippen LogP contribution is 2.42. The van der Waals surface area contributed by atoms with Gasteiger partial charge in [-0.1, -0.05) is 78.3 Å². The maximum atomic E-state index is 13.1. The van der Waals surface area contributed by atoms with Gasteiger partial charge in [0.25, 0.3) is 5.56 Å². The van der Waals surface area contributed by atoms with Gasteiger partial charge in [-0.3, -0.25) is 4.79 Å². The highest BCUT2D eigenvalue weighted by molar-refractivity contribution is 6.30. The molecule has 0 saturated heterocycles. The second-order valence-corrected chi connectivity index (χ2v) is 10.4. The van der Waals surface area contributed by atoms with Gasteiger partial charge in [0, 0.05) is 37.7 Å². The number of imidazole rings is 1. The lowest BCUT2D eigenvalue weighted by Crippen LogP contribution is -2.33. The molecule has 198 valence electrons. The Hall–Kier alpha value is -4.45. The van der Waals surface area contributed by atoms with Crippen LogP contribution >= 0.6 is 11.6 Å². The molecule has 0 radical (unpaired) electrons. The number of aromatic nitrogens is 3. The van der Waals surface area contributed by atoms with E-state index in [9.17, 15) is 4.79 Å². The van der Waals surface area contributed by atoms with E-state index in [1.165, 1.54) is 0 Å². The molecule has 0 aliphatic carbocycles. The van der Waals surface area contributed by atoms with E-state index in [4.69, 9.17) is 16.3 Å². The van der Waals surface area contributed by atoms with Crippen molar-refractivity contribution in [2.45, 2.75) is 5.60 Å². The fourth-order valence-corrected chi connectivity index (χ4v) is 5.73.